The molecular formula is C28H26N2O6. The molecule has 1 atom stereocenters. The van der Waals surface area contributed by atoms with Crippen molar-refractivity contribution in [2.45, 2.75) is 26.7 Å². The van der Waals surface area contributed by atoms with Crippen molar-refractivity contribution in [1.29, 1.82) is 0 Å². The number of carboxylic acid groups (broad SMARTS) is 1. The van der Waals surface area contributed by atoms with Gasteiger partial charge in [0.25, 0.3) is 0 Å². The van der Waals surface area contributed by atoms with Crippen LogP contribution < -0.4 is 4.74 Å². The maximum absolute atomic E-state index is 12.5. The molecule has 1 heterocycles. The molecule has 0 saturated heterocycles. The SMILES string of the molecule is CCOC(C)n1c(COc2cccc(/C=C/C(=O)c3ccc(C(=O)O)cc3O)c2)nc2ccccc21. The summed E-state index contributed by atoms with van der Waals surface area (Å²) in [6.07, 6.45) is 2.71. The second-order valence-electron chi connectivity index (χ2n) is 8.04. The number of rotatable bonds is 10. The van der Waals surface area contributed by atoms with Crippen LogP contribution in [-0.4, -0.2) is 38.1 Å². The molecule has 0 saturated carbocycles. The third kappa shape index (κ3) is 5.45. The van der Waals surface area contributed by atoms with Crippen LogP contribution in [0.4, 0.5) is 0 Å². The van der Waals surface area contributed by atoms with E-state index in [1.54, 1.807) is 12.1 Å². The van der Waals surface area contributed by atoms with E-state index in [9.17, 15) is 14.7 Å². The number of ketones is 1. The number of carbonyl (C=O) groups is 2. The molecule has 0 radical (unpaired) electrons. The highest BCUT2D eigenvalue weighted by Gasteiger charge is 2.16. The lowest BCUT2D eigenvalue weighted by molar-refractivity contribution is 0.0238. The molecule has 1 aromatic heterocycles. The fourth-order valence-corrected chi connectivity index (χ4v) is 3.91. The number of phenols is 1. The van der Waals surface area contributed by atoms with Gasteiger partial charge in [-0.2, -0.15) is 0 Å². The maximum Gasteiger partial charge on any atom is 0.335 e. The van der Waals surface area contributed by atoms with Crippen molar-refractivity contribution in [3.63, 3.8) is 0 Å². The molecule has 0 aliphatic carbocycles. The summed E-state index contributed by atoms with van der Waals surface area (Å²) in [7, 11) is 0. The van der Waals surface area contributed by atoms with E-state index >= 15 is 0 Å². The number of aromatic nitrogens is 2. The molecule has 0 bridgehead atoms. The lowest BCUT2D eigenvalue weighted by Crippen LogP contribution is -2.14. The van der Waals surface area contributed by atoms with E-state index in [0.29, 0.717) is 12.4 Å². The molecule has 4 aromatic rings. The topological polar surface area (TPSA) is 111 Å². The fraction of sp³-hybridized carbons (Fsp3) is 0.179. The van der Waals surface area contributed by atoms with Crippen molar-refractivity contribution in [3.05, 3.63) is 95.3 Å². The molecule has 0 aliphatic rings. The number of carbonyl (C=O) groups excluding carboxylic acids is 1. The third-order valence-corrected chi connectivity index (χ3v) is 5.60. The number of ether oxygens (including phenoxy) is 2. The highest BCUT2D eigenvalue weighted by atomic mass is 16.5. The summed E-state index contributed by atoms with van der Waals surface area (Å²) >= 11 is 0. The first-order valence-corrected chi connectivity index (χ1v) is 11.5. The summed E-state index contributed by atoms with van der Waals surface area (Å²) in [4.78, 5) is 28.2. The summed E-state index contributed by atoms with van der Waals surface area (Å²) in [5, 5.41) is 19.0. The van der Waals surface area contributed by atoms with E-state index in [-0.39, 0.29) is 29.7 Å². The van der Waals surface area contributed by atoms with Gasteiger partial charge in [-0.15, -0.1) is 0 Å². The van der Waals surface area contributed by atoms with Crippen LogP contribution in [-0.2, 0) is 11.3 Å². The Bertz CT molecular complexity index is 1440. The average molecular weight is 487 g/mol. The van der Waals surface area contributed by atoms with Crippen LogP contribution >= 0.6 is 0 Å². The lowest BCUT2D eigenvalue weighted by Gasteiger charge is -2.17. The van der Waals surface area contributed by atoms with Crippen LogP contribution in [0.1, 0.15) is 52.2 Å². The molecule has 0 spiro atoms. The smallest absolute Gasteiger partial charge is 0.335 e. The molecule has 1 unspecified atom stereocenters. The second-order valence-corrected chi connectivity index (χ2v) is 8.04. The number of imidazole rings is 1. The average Bonchev–Trinajstić information content (AvgIpc) is 3.25. The summed E-state index contributed by atoms with van der Waals surface area (Å²) in [6.45, 7) is 4.71. The summed E-state index contributed by atoms with van der Waals surface area (Å²) in [5.74, 6) is -0.686. The molecule has 0 aliphatic heterocycles. The quantitative estimate of drug-likeness (QED) is 0.226. The first-order valence-electron chi connectivity index (χ1n) is 11.5. The van der Waals surface area contributed by atoms with Gasteiger partial charge >= 0.3 is 5.97 Å². The lowest BCUT2D eigenvalue weighted by atomic mass is 10.1. The minimum absolute atomic E-state index is 0.0194. The Labute approximate surface area is 208 Å². The number of nitrogens with zero attached hydrogens (tertiary/aromatic N) is 2. The molecule has 184 valence electrons. The zero-order chi connectivity index (χ0) is 25.7. The van der Waals surface area contributed by atoms with E-state index in [1.807, 2.05) is 60.9 Å². The van der Waals surface area contributed by atoms with Crippen LogP contribution in [0.2, 0.25) is 0 Å². The van der Waals surface area contributed by atoms with Crippen molar-refractivity contribution >= 4 is 28.9 Å². The Morgan fingerprint density at radius 1 is 1.08 bits per heavy atom. The van der Waals surface area contributed by atoms with E-state index in [2.05, 4.69) is 0 Å². The number of fused-ring (bicyclic) bond motifs is 1. The van der Waals surface area contributed by atoms with Crippen LogP contribution in [0.5, 0.6) is 11.5 Å². The Morgan fingerprint density at radius 3 is 2.64 bits per heavy atom. The zero-order valence-corrected chi connectivity index (χ0v) is 19.9. The molecule has 36 heavy (non-hydrogen) atoms. The minimum Gasteiger partial charge on any atom is -0.507 e. The number of aromatic hydroxyl groups is 1. The van der Waals surface area contributed by atoms with Gasteiger partial charge in [0, 0.05) is 6.61 Å². The van der Waals surface area contributed by atoms with Gasteiger partial charge in [0.05, 0.1) is 22.2 Å². The first-order chi connectivity index (χ1) is 17.4. The van der Waals surface area contributed by atoms with Crippen LogP contribution in [0, 0.1) is 0 Å². The molecule has 0 fully saturated rings. The van der Waals surface area contributed by atoms with Crippen molar-refractivity contribution in [3.8, 4) is 11.5 Å². The Balaban J connectivity index is 1.49. The first kappa shape index (κ1) is 24.7. The normalized spacial score (nSPS) is 12.2. The van der Waals surface area contributed by atoms with Crippen LogP contribution in [0.3, 0.4) is 0 Å². The monoisotopic (exact) mass is 486 g/mol. The van der Waals surface area contributed by atoms with E-state index in [1.165, 1.54) is 18.2 Å². The van der Waals surface area contributed by atoms with Crippen molar-refractivity contribution in [2.75, 3.05) is 6.61 Å². The summed E-state index contributed by atoms with van der Waals surface area (Å²) in [5.41, 5.74) is 2.47. The minimum atomic E-state index is -1.18. The van der Waals surface area contributed by atoms with Gasteiger partial charge in [0.2, 0.25) is 0 Å². The molecule has 8 nitrogen and oxygen atoms in total. The van der Waals surface area contributed by atoms with Crippen molar-refractivity contribution in [2.24, 2.45) is 0 Å². The summed E-state index contributed by atoms with van der Waals surface area (Å²) in [6, 6.07) is 18.7. The van der Waals surface area contributed by atoms with Crippen LogP contribution in [0.15, 0.2) is 72.8 Å². The molecule has 0 amide bonds. The largest absolute Gasteiger partial charge is 0.507 e. The molecule has 3 aromatic carbocycles. The second kappa shape index (κ2) is 10.9. The summed E-state index contributed by atoms with van der Waals surface area (Å²) < 4.78 is 13.8. The van der Waals surface area contributed by atoms with Gasteiger partial charge in [0.1, 0.15) is 30.2 Å². The van der Waals surface area contributed by atoms with Gasteiger partial charge in [-0.1, -0.05) is 30.3 Å². The van der Waals surface area contributed by atoms with Gasteiger partial charge < -0.3 is 19.7 Å². The van der Waals surface area contributed by atoms with Crippen molar-refractivity contribution < 1.29 is 29.3 Å². The van der Waals surface area contributed by atoms with E-state index in [4.69, 9.17) is 19.6 Å². The maximum atomic E-state index is 12.5. The number of aromatic carboxylic acids is 1. The van der Waals surface area contributed by atoms with Gasteiger partial charge in [-0.3, -0.25) is 9.36 Å². The number of para-hydroxylation sites is 2. The fourth-order valence-electron chi connectivity index (χ4n) is 3.91. The number of carboxylic acids is 1. The van der Waals surface area contributed by atoms with Crippen molar-refractivity contribution in [1.82, 2.24) is 9.55 Å². The number of allylic oxidation sites excluding steroid dienone is 1. The number of benzene rings is 3. The number of hydrogen-bond acceptors (Lipinski definition) is 6. The standard InChI is InChI=1S/C28H26N2O6/c1-3-35-18(2)30-24-10-5-4-9-23(24)29-27(30)17-36-21-8-6-7-19(15-21)11-14-25(31)22-13-12-20(28(33)34)16-26(22)32/h4-16,18,32H,3,17H2,1-2H3,(H,33,34)/b14-11+. The molecule has 4 rings (SSSR count). The Kier molecular flexibility index (Phi) is 7.46. The third-order valence-electron chi connectivity index (χ3n) is 5.60. The van der Waals surface area contributed by atoms with E-state index in [0.717, 1.165) is 28.5 Å². The highest BCUT2D eigenvalue weighted by molar-refractivity contribution is 6.09. The number of phenolic OH excluding ortho intramolecular Hbond substituents is 1. The predicted molar refractivity (Wildman–Crippen MR) is 135 cm³/mol. The van der Waals surface area contributed by atoms with E-state index < -0.39 is 11.8 Å². The molecular weight excluding hydrogens is 460 g/mol. The predicted octanol–water partition coefficient (Wildman–Crippen LogP) is 5.47. The highest BCUT2D eigenvalue weighted by Crippen LogP contribution is 2.24. The number of hydrogen-bond donors (Lipinski definition) is 2. The molecule has 8 heteroatoms. The van der Waals surface area contributed by atoms with Gasteiger partial charge in [0.15, 0.2) is 5.78 Å². The Morgan fingerprint density at radius 2 is 1.89 bits per heavy atom. The van der Waals surface area contributed by atoms with Gasteiger partial charge in [-0.25, -0.2) is 9.78 Å². The van der Waals surface area contributed by atoms with Crippen LogP contribution in [0.25, 0.3) is 17.1 Å². The zero-order valence-electron chi connectivity index (χ0n) is 19.9. The molecule has 2 N–H and O–H groups in total. The van der Waals surface area contributed by atoms with Gasteiger partial charge in [-0.05, 0) is 68.0 Å². The Hall–Kier alpha value is -4.43.